The molecule has 4 rings (SSSR count). The van der Waals surface area contributed by atoms with Crippen molar-refractivity contribution in [3.63, 3.8) is 0 Å². The largest absolute Gasteiger partial charge is 0.356 e. The molecule has 30 heavy (non-hydrogen) atoms. The Kier molecular flexibility index (Phi) is 4.88. The fourth-order valence-corrected chi connectivity index (χ4v) is 3.11. The first-order chi connectivity index (χ1) is 14.4. The fourth-order valence-electron chi connectivity index (χ4n) is 3.11. The first-order valence-corrected chi connectivity index (χ1v) is 8.78. The van der Waals surface area contributed by atoms with Gasteiger partial charge in [0.05, 0.1) is 17.1 Å². The number of carbonyl (C=O) groups excluding carboxylic acids is 2. The van der Waals surface area contributed by atoms with Gasteiger partial charge in [0.25, 0.3) is 0 Å². The summed E-state index contributed by atoms with van der Waals surface area (Å²) >= 11 is 0. The molecule has 3 aromatic rings. The van der Waals surface area contributed by atoms with Gasteiger partial charge in [-0.2, -0.15) is 0 Å². The van der Waals surface area contributed by atoms with E-state index in [4.69, 9.17) is 0 Å². The molecule has 1 heterocycles. The lowest BCUT2D eigenvalue weighted by Crippen LogP contribution is -2.67. The number of hydrogen-bond donors (Lipinski definition) is 1. The van der Waals surface area contributed by atoms with Gasteiger partial charge in [-0.1, -0.05) is 0 Å². The lowest BCUT2D eigenvalue weighted by Gasteiger charge is -2.44. The standard InChI is InChI=1S/C21H14F3N3O3/c22-13-1-7-16(8-2-13)25-19(28)26(17-9-3-14(23)4-10-17)21(30)27(20(25)29)18-11-5-15(24)6-12-18/h1-12,19,28H. The highest BCUT2D eigenvalue weighted by atomic mass is 19.1. The fraction of sp³-hybridized carbons (Fsp3) is 0.0476. The highest BCUT2D eigenvalue weighted by Crippen LogP contribution is 2.32. The van der Waals surface area contributed by atoms with E-state index >= 15 is 0 Å². The van der Waals surface area contributed by atoms with Crippen molar-refractivity contribution in [2.45, 2.75) is 6.35 Å². The Morgan fingerprint density at radius 1 is 0.567 bits per heavy atom. The molecule has 0 atom stereocenters. The quantitative estimate of drug-likeness (QED) is 0.690. The molecule has 0 radical (unpaired) electrons. The van der Waals surface area contributed by atoms with Crippen LogP contribution in [0.2, 0.25) is 0 Å². The Labute approximate surface area is 169 Å². The molecule has 3 aromatic carbocycles. The molecule has 0 saturated carbocycles. The Bertz CT molecular complexity index is 1020. The number of urea groups is 2. The summed E-state index contributed by atoms with van der Waals surface area (Å²) in [5.74, 6) is -1.68. The summed E-state index contributed by atoms with van der Waals surface area (Å²) in [6, 6.07) is 12.2. The molecule has 0 aromatic heterocycles. The zero-order valence-corrected chi connectivity index (χ0v) is 15.2. The lowest BCUT2D eigenvalue weighted by molar-refractivity contribution is 0.156. The molecular weight excluding hydrogens is 399 g/mol. The molecule has 1 aliphatic heterocycles. The van der Waals surface area contributed by atoms with Crippen LogP contribution in [0.3, 0.4) is 0 Å². The van der Waals surface area contributed by atoms with Crippen LogP contribution in [-0.2, 0) is 0 Å². The maximum Gasteiger partial charge on any atom is 0.340 e. The minimum Gasteiger partial charge on any atom is -0.356 e. The van der Waals surface area contributed by atoms with Crippen LogP contribution in [0.1, 0.15) is 0 Å². The second-order valence-electron chi connectivity index (χ2n) is 6.42. The molecule has 0 aliphatic carbocycles. The normalized spacial score (nSPS) is 15.1. The van der Waals surface area contributed by atoms with Crippen LogP contribution >= 0.6 is 0 Å². The van der Waals surface area contributed by atoms with Gasteiger partial charge in [0.1, 0.15) is 17.5 Å². The maximum atomic E-state index is 13.4. The van der Waals surface area contributed by atoms with Crippen LogP contribution in [0.25, 0.3) is 0 Å². The number of carbonyl (C=O) groups is 2. The molecule has 9 heteroatoms. The van der Waals surface area contributed by atoms with Gasteiger partial charge in [-0.15, -0.1) is 0 Å². The number of imide groups is 1. The van der Waals surface area contributed by atoms with E-state index in [0.717, 1.165) is 51.1 Å². The number of benzene rings is 3. The third-order valence-electron chi connectivity index (χ3n) is 4.55. The van der Waals surface area contributed by atoms with Crippen LogP contribution in [0, 0.1) is 17.5 Å². The number of rotatable bonds is 3. The van der Waals surface area contributed by atoms with Crippen molar-refractivity contribution in [1.82, 2.24) is 0 Å². The molecule has 1 saturated heterocycles. The SMILES string of the molecule is O=C1N(c2ccc(F)cc2)C(=O)N(c2ccc(F)cc2)C(O)N1c1ccc(F)cc1. The number of aliphatic hydroxyl groups excluding tert-OH is 1. The van der Waals surface area contributed by atoms with E-state index in [1.54, 1.807) is 0 Å². The van der Waals surface area contributed by atoms with Crippen LogP contribution in [0.4, 0.5) is 39.8 Å². The Hall–Kier alpha value is -3.85. The van der Waals surface area contributed by atoms with Gasteiger partial charge in [0.2, 0.25) is 6.35 Å². The molecular formula is C21H14F3N3O3. The molecule has 1 N–H and O–H groups in total. The van der Waals surface area contributed by atoms with Gasteiger partial charge in [-0.3, -0.25) is 0 Å². The van der Waals surface area contributed by atoms with Crippen molar-refractivity contribution in [1.29, 1.82) is 0 Å². The van der Waals surface area contributed by atoms with E-state index in [2.05, 4.69) is 0 Å². The molecule has 4 amide bonds. The Morgan fingerprint density at radius 2 is 0.867 bits per heavy atom. The minimum atomic E-state index is -1.79. The number of nitrogens with zero attached hydrogens (tertiary/aromatic N) is 3. The minimum absolute atomic E-state index is 0.0533. The lowest BCUT2D eigenvalue weighted by atomic mass is 10.2. The predicted molar refractivity (Wildman–Crippen MR) is 103 cm³/mol. The maximum absolute atomic E-state index is 13.4. The van der Waals surface area contributed by atoms with Gasteiger partial charge in [-0.05, 0) is 72.8 Å². The third kappa shape index (κ3) is 3.35. The van der Waals surface area contributed by atoms with Crippen molar-refractivity contribution in [2.75, 3.05) is 14.7 Å². The highest BCUT2D eigenvalue weighted by Gasteiger charge is 2.45. The third-order valence-corrected chi connectivity index (χ3v) is 4.55. The average molecular weight is 413 g/mol. The summed E-state index contributed by atoms with van der Waals surface area (Å²) < 4.78 is 40.1. The number of aliphatic hydroxyl groups is 1. The van der Waals surface area contributed by atoms with Crippen molar-refractivity contribution >= 4 is 29.1 Å². The topological polar surface area (TPSA) is 64.1 Å². The van der Waals surface area contributed by atoms with E-state index in [1.807, 2.05) is 0 Å². The van der Waals surface area contributed by atoms with E-state index in [9.17, 15) is 27.9 Å². The number of anilines is 3. The van der Waals surface area contributed by atoms with Gasteiger partial charge in [0.15, 0.2) is 0 Å². The van der Waals surface area contributed by atoms with Crippen molar-refractivity contribution in [2.24, 2.45) is 0 Å². The molecule has 0 unspecified atom stereocenters. The number of hydrogen-bond acceptors (Lipinski definition) is 3. The summed E-state index contributed by atoms with van der Waals surface area (Å²) in [6.45, 7) is 0. The van der Waals surface area contributed by atoms with Crippen molar-refractivity contribution < 1.29 is 27.9 Å². The second kappa shape index (κ2) is 7.53. The van der Waals surface area contributed by atoms with Gasteiger partial charge >= 0.3 is 12.1 Å². The van der Waals surface area contributed by atoms with Gasteiger partial charge < -0.3 is 5.11 Å². The van der Waals surface area contributed by atoms with Crippen LogP contribution < -0.4 is 14.7 Å². The monoisotopic (exact) mass is 413 g/mol. The second-order valence-corrected chi connectivity index (χ2v) is 6.42. The zero-order valence-electron chi connectivity index (χ0n) is 15.2. The summed E-state index contributed by atoms with van der Waals surface area (Å²) in [6.07, 6.45) is -1.79. The molecule has 1 fully saturated rings. The number of halogens is 3. The summed E-state index contributed by atoms with van der Waals surface area (Å²) in [4.78, 5) is 28.8. The van der Waals surface area contributed by atoms with Crippen molar-refractivity contribution in [3.05, 3.63) is 90.2 Å². The van der Waals surface area contributed by atoms with E-state index in [0.29, 0.717) is 0 Å². The summed E-state index contributed by atoms with van der Waals surface area (Å²) in [7, 11) is 0. The Morgan fingerprint density at radius 3 is 1.20 bits per heavy atom. The summed E-state index contributed by atoms with van der Waals surface area (Å²) in [5, 5.41) is 10.9. The number of amides is 4. The van der Waals surface area contributed by atoms with Crippen LogP contribution in [0.15, 0.2) is 72.8 Å². The van der Waals surface area contributed by atoms with Gasteiger partial charge in [0, 0.05) is 0 Å². The van der Waals surface area contributed by atoms with E-state index in [-0.39, 0.29) is 17.1 Å². The highest BCUT2D eigenvalue weighted by molar-refractivity contribution is 6.26. The Balaban J connectivity index is 1.84. The molecule has 6 nitrogen and oxygen atoms in total. The molecule has 152 valence electrons. The zero-order chi connectivity index (χ0) is 21.4. The van der Waals surface area contributed by atoms with Crippen molar-refractivity contribution in [3.8, 4) is 0 Å². The predicted octanol–water partition coefficient (Wildman–Crippen LogP) is 4.45. The average Bonchev–Trinajstić information content (AvgIpc) is 2.72. The van der Waals surface area contributed by atoms with E-state index in [1.165, 1.54) is 36.4 Å². The van der Waals surface area contributed by atoms with Crippen LogP contribution in [-0.4, -0.2) is 23.5 Å². The molecule has 0 bridgehead atoms. The summed E-state index contributed by atoms with van der Waals surface area (Å²) in [5.41, 5.74) is 0.277. The smallest absolute Gasteiger partial charge is 0.340 e. The first kappa shape index (κ1) is 19.5. The van der Waals surface area contributed by atoms with Crippen LogP contribution in [0.5, 0.6) is 0 Å². The molecule has 1 aliphatic rings. The van der Waals surface area contributed by atoms with E-state index < -0.39 is 35.9 Å². The molecule has 0 spiro atoms. The first-order valence-electron chi connectivity index (χ1n) is 8.78. The van der Waals surface area contributed by atoms with Gasteiger partial charge in [-0.25, -0.2) is 37.5 Å².